The minimum absolute atomic E-state index is 0.164. The van der Waals surface area contributed by atoms with E-state index in [1.54, 1.807) is 7.11 Å². The SMILES string of the molecule is CCc1ccc2cc(COC(C)OC)ccc2c1. The lowest BCUT2D eigenvalue weighted by atomic mass is 10.0. The maximum Gasteiger partial charge on any atom is 0.154 e. The number of hydrogen-bond acceptors (Lipinski definition) is 2. The molecule has 18 heavy (non-hydrogen) atoms. The van der Waals surface area contributed by atoms with E-state index in [4.69, 9.17) is 9.47 Å². The predicted molar refractivity (Wildman–Crippen MR) is 74.6 cm³/mol. The Labute approximate surface area is 109 Å². The topological polar surface area (TPSA) is 18.5 Å². The van der Waals surface area contributed by atoms with Gasteiger partial charge in [0.1, 0.15) is 0 Å². The number of rotatable bonds is 5. The number of ether oxygens (including phenoxy) is 2. The van der Waals surface area contributed by atoms with Crippen molar-refractivity contribution in [2.75, 3.05) is 7.11 Å². The van der Waals surface area contributed by atoms with E-state index in [1.807, 2.05) is 6.92 Å². The van der Waals surface area contributed by atoms with Gasteiger partial charge < -0.3 is 9.47 Å². The van der Waals surface area contributed by atoms with Crippen molar-refractivity contribution in [3.05, 3.63) is 47.5 Å². The zero-order valence-corrected chi connectivity index (χ0v) is 11.3. The fourth-order valence-electron chi connectivity index (χ4n) is 1.94. The van der Waals surface area contributed by atoms with Gasteiger partial charge in [0.15, 0.2) is 6.29 Å². The second kappa shape index (κ2) is 5.98. The normalized spacial score (nSPS) is 12.8. The van der Waals surface area contributed by atoms with Crippen molar-refractivity contribution in [3.8, 4) is 0 Å². The molecule has 1 unspecified atom stereocenters. The van der Waals surface area contributed by atoms with Crippen LogP contribution in [-0.4, -0.2) is 13.4 Å². The Kier molecular flexibility index (Phi) is 4.34. The van der Waals surface area contributed by atoms with Crippen LogP contribution < -0.4 is 0 Å². The van der Waals surface area contributed by atoms with Crippen molar-refractivity contribution in [2.45, 2.75) is 33.2 Å². The van der Waals surface area contributed by atoms with Gasteiger partial charge in [-0.2, -0.15) is 0 Å². The minimum atomic E-state index is -0.164. The van der Waals surface area contributed by atoms with Gasteiger partial charge in [-0.05, 0) is 41.3 Å². The van der Waals surface area contributed by atoms with Gasteiger partial charge in [-0.1, -0.05) is 37.3 Å². The highest BCUT2D eigenvalue weighted by molar-refractivity contribution is 5.83. The summed E-state index contributed by atoms with van der Waals surface area (Å²) in [6.45, 7) is 4.66. The Morgan fingerprint density at radius 1 is 1.00 bits per heavy atom. The molecule has 0 N–H and O–H groups in total. The second-order valence-corrected chi connectivity index (χ2v) is 4.48. The van der Waals surface area contributed by atoms with E-state index in [0.29, 0.717) is 6.61 Å². The first-order valence-corrected chi connectivity index (χ1v) is 6.39. The van der Waals surface area contributed by atoms with E-state index in [9.17, 15) is 0 Å². The highest BCUT2D eigenvalue weighted by Crippen LogP contribution is 2.19. The summed E-state index contributed by atoms with van der Waals surface area (Å²) in [5.74, 6) is 0. The van der Waals surface area contributed by atoms with Gasteiger partial charge in [0.25, 0.3) is 0 Å². The van der Waals surface area contributed by atoms with Gasteiger partial charge in [0.05, 0.1) is 6.61 Å². The van der Waals surface area contributed by atoms with Crippen molar-refractivity contribution < 1.29 is 9.47 Å². The molecule has 1 atom stereocenters. The minimum Gasteiger partial charge on any atom is -0.356 e. The third kappa shape index (κ3) is 3.09. The first-order valence-electron chi connectivity index (χ1n) is 6.39. The average molecular weight is 244 g/mol. The Bertz CT molecular complexity index is 519. The molecule has 2 aromatic carbocycles. The molecule has 0 radical (unpaired) electrons. The van der Waals surface area contributed by atoms with E-state index < -0.39 is 0 Å². The number of methoxy groups -OCH3 is 1. The van der Waals surface area contributed by atoms with E-state index in [-0.39, 0.29) is 6.29 Å². The van der Waals surface area contributed by atoms with Crippen molar-refractivity contribution in [2.24, 2.45) is 0 Å². The smallest absolute Gasteiger partial charge is 0.154 e. The van der Waals surface area contributed by atoms with Crippen LogP contribution in [0.25, 0.3) is 10.8 Å². The lowest BCUT2D eigenvalue weighted by molar-refractivity contribution is -0.118. The van der Waals surface area contributed by atoms with Crippen LogP contribution in [-0.2, 0) is 22.5 Å². The standard InChI is InChI=1S/C16H20O2/c1-4-13-5-7-16-10-14(6-8-15(16)9-13)11-18-12(2)17-3/h5-10,12H,4,11H2,1-3H3. The molecule has 0 aliphatic carbocycles. The fourth-order valence-corrected chi connectivity index (χ4v) is 1.94. The Morgan fingerprint density at radius 3 is 2.22 bits per heavy atom. The summed E-state index contributed by atoms with van der Waals surface area (Å²) in [6, 6.07) is 13.1. The molecule has 0 bridgehead atoms. The van der Waals surface area contributed by atoms with Gasteiger partial charge in [-0.15, -0.1) is 0 Å². The van der Waals surface area contributed by atoms with Gasteiger partial charge in [-0.3, -0.25) is 0 Å². The molecule has 0 aliphatic rings. The zero-order valence-electron chi connectivity index (χ0n) is 11.3. The Hall–Kier alpha value is -1.38. The molecule has 96 valence electrons. The molecule has 0 spiro atoms. The first-order chi connectivity index (χ1) is 8.72. The average Bonchev–Trinajstić information content (AvgIpc) is 2.43. The highest BCUT2D eigenvalue weighted by Gasteiger charge is 2.01. The maximum absolute atomic E-state index is 5.55. The molecule has 0 heterocycles. The largest absolute Gasteiger partial charge is 0.356 e. The predicted octanol–water partition coefficient (Wildman–Crippen LogP) is 3.91. The van der Waals surface area contributed by atoms with Crippen LogP contribution in [0.2, 0.25) is 0 Å². The molecule has 0 amide bonds. The number of aryl methyl sites for hydroxylation is 1. The summed E-state index contributed by atoms with van der Waals surface area (Å²) < 4.78 is 10.6. The van der Waals surface area contributed by atoms with E-state index >= 15 is 0 Å². The lowest BCUT2D eigenvalue weighted by Gasteiger charge is -2.11. The van der Waals surface area contributed by atoms with E-state index in [1.165, 1.54) is 21.9 Å². The molecule has 0 fully saturated rings. The molecule has 2 aromatic rings. The molecule has 2 nitrogen and oxygen atoms in total. The monoisotopic (exact) mass is 244 g/mol. The summed E-state index contributed by atoms with van der Waals surface area (Å²) in [5, 5.41) is 2.55. The van der Waals surface area contributed by atoms with E-state index in [0.717, 1.165) is 6.42 Å². The summed E-state index contributed by atoms with van der Waals surface area (Å²) in [6.07, 6.45) is 0.912. The fraction of sp³-hybridized carbons (Fsp3) is 0.375. The highest BCUT2D eigenvalue weighted by atomic mass is 16.7. The molecule has 2 heteroatoms. The van der Waals surface area contributed by atoms with Crippen LogP contribution in [0.15, 0.2) is 36.4 Å². The van der Waals surface area contributed by atoms with Crippen LogP contribution in [0.3, 0.4) is 0 Å². The van der Waals surface area contributed by atoms with Gasteiger partial charge >= 0.3 is 0 Å². The first kappa shape index (κ1) is 13.1. The Morgan fingerprint density at radius 2 is 1.61 bits per heavy atom. The van der Waals surface area contributed by atoms with Crippen LogP contribution in [0.1, 0.15) is 25.0 Å². The van der Waals surface area contributed by atoms with Gasteiger partial charge in [-0.25, -0.2) is 0 Å². The third-order valence-corrected chi connectivity index (χ3v) is 3.19. The van der Waals surface area contributed by atoms with Crippen molar-refractivity contribution in [1.29, 1.82) is 0 Å². The summed E-state index contributed by atoms with van der Waals surface area (Å²) in [4.78, 5) is 0. The quantitative estimate of drug-likeness (QED) is 0.742. The van der Waals surface area contributed by atoms with E-state index in [2.05, 4.69) is 43.3 Å². The zero-order chi connectivity index (χ0) is 13.0. The number of hydrogen-bond donors (Lipinski definition) is 0. The Balaban J connectivity index is 2.17. The molecule has 2 rings (SSSR count). The summed E-state index contributed by atoms with van der Waals surface area (Å²) in [7, 11) is 1.65. The summed E-state index contributed by atoms with van der Waals surface area (Å²) in [5.41, 5.74) is 2.55. The van der Waals surface area contributed by atoms with Crippen LogP contribution in [0.5, 0.6) is 0 Å². The molecule has 0 saturated heterocycles. The van der Waals surface area contributed by atoms with Crippen LogP contribution in [0, 0.1) is 0 Å². The number of benzene rings is 2. The van der Waals surface area contributed by atoms with Crippen molar-refractivity contribution >= 4 is 10.8 Å². The lowest BCUT2D eigenvalue weighted by Crippen LogP contribution is -2.09. The van der Waals surface area contributed by atoms with Gasteiger partial charge in [0, 0.05) is 7.11 Å². The van der Waals surface area contributed by atoms with Gasteiger partial charge in [0.2, 0.25) is 0 Å². The maximum atomic E-state index is 5.55. The van der Waals surface area contributed by atoms with Crippen molar-refractivity contribution in [1.82, 2.24) is 0 Å². The molecule has 0 aromatic heterocycles. The third-order valence-electron chi connectivity index (χ3n) is 3.19. The molecule has 0 aliphatic heterocycles. The van der Waals surface area contributed by atoms with Crippen LogP contribution in [0.4, 0.5) is 0 Å². The summed E-state index contributed by atoms with van der Waals surface area (Å²) >= 11 is 0. The molecule has 0 saturated carbocycles. The second-order valence-electron chi connectivity index (χ2n) is 4.48. The molecular weight excluding hydrogens is 224 g/mol. The molecular formula is C16H20O2. The number of fused-ring (bicyclic) bond motifs is 1. The van der Waals surface area contributed by atoms with Crippen LogP contribution >= 0.6 is 0 Å². The van der Waals surface area contributed by atoms with Crippen molar-refractivity contribution in [3.63, 3.8) is 0 Å².